The zero-order chi connectivity index (χ0) is 12.2. The third-order valence-electron chi connectivity index (χ3n) is 2.37. The van der Waals surface area contributed by atoms with Gasteiger partial charge >= 0.3 is 5.97 Å². The van der Waals surface area contributed by atoms with Crippen molar-refractivity contribution in [2.24, 2.45) is 0 Å². The van der Waals surface area contributed by atoms with E-state index in [4.69, 9.17) is 16.3 Å². The molecular weight excluding hydrogens is 230 g/mol. The Morgan fingerprint density at radius 1 is 1.69 bits per heavy atom. The summed E-state index contributed by atoms with van der Waals surface area (Å²) in [5.41, 5.74) is -0.813. The second kappa shape index (κ2) is 5.12. The lowest BCUT2D eigenvalue weighted by Gasteiger charge is -2.26. The molecule has 88 valence electrons. The Morgan fingerprint density at radius 2 is 2.38 bits per heavy atom. The van der Waals surface area contributed by atoms with Crippen molar-refractivity contribution < 1.29 is 9.53 Å². The molecule has 0 saturated carbocycles. The lowest BCUT2D eigenvalue weighted by molar-refractivity contribution is -0.145. The van der Waals surface area contributed by atoms with Crippen molar-refractivity contribution in [1.29, 1.82) is 0 Å². The van der Waals surface area contributed by atoms with E-state index in [9.17, 15) is 4.79 Å². The van der Waals surface area contributed by atoms with Crippen LogP contribution in [0.2, 0.25) is 5.28 Å². The lowest BCUT2D eigenvalue weighted by Crippen LogP contribution is -2.43. The van der Waals surface area contributed by atoms with Gasteiger partial charge in [-0.3, -0.25) is 0 Å². The number of nitrogens with one attached hydrogen (secondary N) is 1. The fourth-order valence-electron chi connectivity index (χ4n) is 1.20. The second-order valence-electron chi connectivity index (χ2n) is 3.51. The first-order valence-electron chi connectivity index (χ1n) is 4.87. The molecule has 0 radical (unpaired) electrons. The highest BCUT2D eigenvalue weighted by atomic mass is 35.5. The fourth-order valence-corrected chi connectivity index (χ4v) is 1.34. The largest absolute Gasteiger partial charge is 0.467 e. The molecule has 0 aliphatic heterocycles. The van der Waals surface area contributed by atoms with E-state index in [1.165, 1.54) is 13.3 Å². The minimum absolute atomic E-state index is 0.133. The molecule has 1 rings (SSSR count). The van der Waals surface area contributed by atoms with Gasteiger partial charge in [-0.05, 0) is 31.0 Å². The number of methoxy groups -OCH3 is 1. The van der Waals surface area contributed by atoms with E-state index in [-0.39, 0.29) is 11.3 Å². The van der Waals surface area contributed by atoms with Gasteiger partial charge < -0.3 is 10.1 Å². The van der Waals surface area contributed by atoms with Crippen molar-refractivity contribution in [1.82, 2.24) is 9.97 Å². The molecule has 1 aromatic heterocycles. The average Bonchev–Trinajstić information content (AvgIpc) is 2.27. The highest BCUT2D eigenvalue weighted by Gasteiger charge is 2.32. The molecule has 6 heteroatoms. The van der Waals surface area contributed by atoms with Crippen LogP contribution in [0.1, 0.15) is 20.3 Å². The van der Waals surface area contributed by atoms with Crippen LogP contribution in [0.3, 0.4) is 0 Å². The highest BCUT2D eigenvalue weighted by molar-refractivity contribution is 6.28. The zero-order valence-corrected chi connectivity index (χ0v) is 10.2. The molecule has 0 unspecified atom stereocenters. The maximum absolute atomic E-state index is 11.6. The molecule has 0 aromatic carbocycles. The standard InChI is InChI=1S/C10H14ClN3O2/c1-4-10(2,8(15)16-3)14-7-5-6-12-9(11)13-7/h5-6H,4H2,1-3H3,(H,12,13,14)/t10-/m1/s1. The number of esters is 1. The van der Waals surface area contributed by atoms with E-state index >= 15 is 0 Å². The number of carbonyl (C=O) groups excluding carboxylic acids is 1. The van der Waals surface area contributed by atoms with Crippen LogP contribution in [0.15, 0.2) is 12.3 Å². The van der Waals surface area contributed by atoms with Crippen LogP contribution < -0.4 is 5.32 Å². The first-order valence-corrected chi connectivity index (χ1v) is 5.25. The maximum atomic E-state index is 11.6. The van der Waals surface area contributed by atoms with Crippen molar-refractivity contribution >= 4 is 23.4 Å². The summed E-state index contributed by atoms with van der Waals surface area (Å²) in [6.45, 7) is 3.63. The lowest BCUT2D eigenvalue weighted by atomic mass is 9.99. The molecule has 16 heavy (non-hydrogen) atoms. The van der Waals surface area contributed by atoms with Crippen LogP contribution >= 0.6 is 11.6 Å². The number of aromatic nitrogens is 2. The average molecular weight is 244 g/mol. The van der Waals surface area contributed by atoms with E-state index in [2.05, 4.69) is 15.3 Å². The minimum Gasteiger partial charge on any atom is -0.467 e. The first kappa shape index (κ1) is 12.7. The monoisotopic (exact) mass is 243 g/mol. The molecule has 1 heterocycles. The Morgan fingerprint density at radius 3 is 2.88 bits per heavy atom. The number of hydrogen-bond acceptors (Lipinski definition) is 5. The van der Waals surface area contributed by atoms with Crippen molar-refractivity contribution in [2.45, 2.75) is 25.8 Å². The maximum Gasteiger partial charge on any atom is 0.331 e. The van der Waals surface area contributed by atoms with E-state index in [0.717, 1.165) is 0 Å². The van der Waals surface area contributed by atoms with Gasteiger partial charge in [0, 0.05) is 6.20 Å². The van der Waals surface area contributed by atoms with Crippen LogP contribution in [0.5, 0.6) is 0 Å². The van der Waals surface area contributed by atoms with Gasteiger partial charge in [0.1, 0.15) is 11.4 Å². The summed E-state index contributed by atoms with van der Waals surface area (Å²) in [5.74, 6) is 0.152. The summed E-state index contributed by atoms with van der Waals surface area (Å²) in [4.78, 5) is 19.3. The SMILES string of the molecule is CC[C@@](C)(Nc1ccnc(Cl)n1)C(=O)OC. The van der Waals surface area contributed by atoms with Crippen LogP contribution in [0.4, 0.5) is 5.82 Å². The van der Waals surface area contributed by atoms with Gasteiger partial charge in [0.2, 0.25) is 5.28 Å². The van der Waals surface area contributed by atoms with E-state index in [1.807, 2.05) is 6.92 Å². The van der Waals surface area contributed by atoms with Crippen LogP contribution in [-0.2, 0) is 9.53 Å². The summed E-state index contributed by atoms with van der Waals surface area (Å²) < 4.78 is 4.73. The van der Waals surface area contributed by atoms with Crippen LogP contribution in [0.25, 0.3) is 0 Å². The summed E-state index contributed by atoms with van der Waals surface area (Å²) in [6.07, 6.45) is 2.09. The third kappa shape index (κ3) is 2.82. The molecule has 5 nitrogen and oxygen atoms in total. The number of halogens is 1. The Bertz CT molecular complexity index is 386. The normalized spacial score (nSPS) is 14.0. The number of rotatable bonds is 4. The minimum atomic E-state index is -0.813. The van der Waals surface area contributed by atoms with Gasteiger partial charge in [0.25, 0.3) is 0 Å². The molecule has 1 N–H and O–H groups in total. The Balaban J connectivity index is 2.89. The summed E-state index contributed by atoms with van der Waals surface area (Å²) in [5, 5.41) is 3.12. The Labute approximate surface area is 99.2 Å². The molecule has 0 bridgehead atoms. The molecular formula is C10H14ClN3O2. The number of anilines is 1. The summed E-state index contributed by atoms with van der Waals surface area (Å²) in [6, 6.07) is 1.64. The van der Waals surface area contributed by atoms with E-state index in [0.29, 0.717) is 12.2 Å². The van der Waals surface area contributed by atoms with Crippen LogP contribution in [-0.4, -0.2) is 28.6 Å². The molecule has 0 fully saturated rings. The predicted molar refractivity (Wildman–Crippen MR) is 61.4 cm³/mol. The Kier molecular flexibility index (Phi) is 4.06. The Hall–Kier alpha value is -1.36. The van der Waals surface area contributed by atoms with Gasteiger partial charge in [0.15, 0.2) is 0 Å². The molecule has 0 saturated heterocycles. The summed E-state index contributed by atoms with van der Waals surface area (Å²) in [7, 11) is 1.35. The predicted octanol–water partition coefficient (Wildman–Crippen LogP) is 1.88. The second-order valence-corrected chi connectivity index (χ2v) is 3.85. The zero-order valence-electron chi connectivity index (χ0n) is 9.45. The molecule has 0 aliphatic rings. The molecule has 1 aromatic rings. The first-order chi connectivity index (χ1) is 7.51. The fraction of sp³-hybridized carbons (Fsp3) is 0.500. The number of nitrogens with zero attached hydrogens (tertiary/aromatic N) is 2. The van der Waals surface area contributed by atoms with Gasteiger partial charge in [-0.25, -0.2) is 14.8 Å². The molecule has 0 amide bonds. The van der Waals surface area contributed by atoms with Gasteiger partial charge in [-0.2, -0.15) is 0 Å². The molecule has 1 atom stereocenters. The van der Waals surface area contributed by atoms with Gasteiger partial charge in [-0.1, -0.05) is 6.92 Å². The molecule has 0 spiro atoms. The van der Waals surface area contributed by atoms with E-state index in [1.54, 1.807) is 13.0 Å². The van der Waals surface area contributed by atoms with Crippen LogP contribution in [0, 0.1) is 0 Å². The van der Waals surface area contributed by atoms with E-state index < -0.39 is 5.54 Å². The number of hydrogen-bond donors (Lipinski definition) is 1. The topological polar surface area (TPSA) is 64.1 Å². The van der Waals surface area contributed by atoms with Crippen molar-refractivity contribution in [3.8, 4) is 0 Å². The van der Waals surface area contributed by atoms with Crippen molar-refractivity contribution in [3.05, 3.63) is 17.5 Å². The van der Waals surface area contributed by atoms with Crippen molar-refractivity contribution in [2.75, 3.05) is 12.4 Å². The van der Waals surface area contributed by atoms with Crippen molar-refractivity contribution in [3.63, 3.8) is 0 Å². The smallest absolute Gasteiger partial charge is 0.331 e. The quantitative estimate of drug-likeness (QED) is 0.646. The van der Waals surface area contributed by atoms with Gasteiger partial charge in [0.05, 0.1) is 7.11 Å². The third-order valence-corrected chi connectivity index (χ3v) is 2.56. The molecule has 0 aliphatic carbocycles. The summed E-state index contributed by atoms with van der Waals surface area (Å²) >= 11 is 5.65. The number of ether oxygens (including phenoxy) is 1. The van der Waals surface area contributed by atoms with Gasteiger partial charge in [-0.15, -0.1) is 0 Å². The number of carbonyl (C=O) groups is 1. The highest BCUT2D eigenvalue weighted by Crippen LogP contribution is 2.18.